The molecule has 2 heterocycles. The second-order valence-electron chi connectivity index (χ2n) is 6.69. The summed E-state index contributed by atoms with van der Waals surface area (Å²) < 4.78 is 1.69. The van der Waals surface area contributed by atoms with Crippen LogP contribution in [0.3, 0.4) is 0 Å². The molecular weight excluding hydrogens is 338 g/mol. The van der Waals surface area contributed by atoms with Gasteiger partial charge in [0.1, 0.15) is 5.82 Å². The van der Waals surface area contributed by atoms with E-state index in [2.05, 4.69) is 15.4 Å². The zero-order chi connectivity index (χ0) is 18.0. The molecular formula is C18H24ClN5O. The second kappa shape index (κ2) is 7.54. The number of likely N-dealkylation sites (tertiary alicyclic amines) is 1. The molecule has 1 aromatic carbocycles. The Kier molecular flexibility index (Phi) is 5.39. The molecule has 6 nitrogen and oxygen atoms in total. The van der Waals surface area contributed by atoms with E-state index in [1.54, 1.807) is 4.68 Å². The first-order valence-corrected chi connectivity index (χ1v) is 9.07. The van der Waals surface area contributed by atoms with Crippen molar-refractivity contribution in [1.82, 2.24) is 25.0 Å². The van der Waals surface area contributed by atoms with Crippen molar-refractivity contribution in [3.05, 3.63) is 40.9 Å². The molecule has 1 amide bonds. The van der Waals surface area contributed by atoms with Crippen LogP contribution in [-0.2, 0) is 0 Å². The summed E-state index contributed by atoms with van der Waals surface area (Å²) in [5.74, 6) is 0.975. The van der Waals surface area contributed by atoms with Crippen molar-refractivity contribution in [3.63, 3.8) is 0 Å². The van der Waals surface area contributed by atoms with E-state index in [0.29, 0.717) is 17.6 Å². The lowest BCUT2D eigenvalue weighted by Gasteiger charge is -2.31. The average Bonchev–Trinajstić information content (AvgIpc) is 3.07. The van der Waals surface area contributed by atoms with Crippen molar-refractivity contribution in [2.24, 2.45) is 0 Å². The summed E-state index contributed by atoms with van der Waals surface area (Å²) in [6.07, 6.45) is 2.07. The SMILES string of the molecule is CNC1CCCN(C(=O)c2nc(C(C)C)n(-c3ccccc3Cl)n2)C1. The van der Waals surface area contributed by atoms with E-state index in [1.807, 2.05) is 50.1 Å². The number of piperidine rings is 1. The lowest BCUT2D eigenvalue weighted by molar-refractivity contribution is 0.0686. The van der Waals surface area contributed by atoms with Gasteiger partial charge in [0.2, 0.25) is 5.82 Å². The van der Waals surface area contributed by atoms with Gasteiger partial charge >= 0.3 is 0 Å². The summed E-state index contributed by atoms with van der Waals surface area (Å²) in [6, 6.07) is 7.79. The highest BCUT2D eigenvalue weighted by molar-refractivity contribution is 6.32. The number of hydrogen-bond acceptors (Lipinski definition) is 4. The second-order valence-corrected chi connectivity index (χ2v) is 7.10. The third-order valence-electron chi connectivity index (χ3n) is 4.54. The summed E-state index contributed by atoms with van der Waals surface area (Å²) in [5, 5.41) is 8.33. The fourth-order valence-corrected chi connectivity index (χ4v) is 3.34. The van der Waals surface area contributed by atoms with Crippen molar-refractivity contribution >= 4 is 17.5 Å². The molecule has 0 saturated carbocycles. The van der Waals surface area contributed by atoms with Gasteiger partial charge in [-0.05, 0) is 32.0 Å². The van der Waals surface area contributed by atoms with E-state index in [1.165, 1.54) is 0 Å². The van der Waals surface area contributed by atoms with Gasteiger partial charge < -0.3 is 10.2 Å². The van der Waals surface area contributed by atoms with Gasteiger partial charge in [0.25, 0.3) is 5.91 Å². The minimum absolute atomic E-state index is 0.118. The first-order chi connectivity index (χ1) is 12.0. The fraction of sp³-hybridized carbons (Fsp3) is 0.500. The van der Waals surface area contributed by atoms with Crippen molar-refractivity contribution < 1.29 is 4.79 Å². The summed E-state index contributed by atoms with van der Waals surface area (Å²) in [7, 11) is 1.93. The standard InChI is InChI=1S/C18H24ClN5O/c1-12(2)17-21-16(18(25)23-10-6-7-13(11-23)20-3)22-24(17)15-9-5-4-8-14(15)19/h4-5,8-9,12-13,20H,6-7,10-11H2,1-3H3. The molecule has 1 unspecified atom stereocenters. The Labute approximate surface area is 153 Å². The molecule has 7 heteroatoms. The van der Waals surface area contributed by atoms with Crippen molar-refractivity contribution in [2.45, 2.75) is 38.6 Å². The smallest absolute Gasteiger partial charge is 0.293 e. The number of para-hydroxylation sites is 1. The largest absolute Gasteiger partial charge is 0.334 e. The average molecular weight is 362 g/mol. The molecule has 1 N–H and O–H groups in total. The summed E-state index contributed by atoms with van der Waals surface area (Å²) >= 11 is 6.32. The number of benzene rings is 1. The van der Waals surface area contributed by atoms with Gasteiger partial charge in [0.15, 0.2) is 0 Å². The molecule has 3 rings (SSSR count). The van der Waals surface area contributed by atoms with Gasteiger partial charge in [-0.25, -0.2) is 9.67 Å². The highest BCUT2D eigenvalue weighted by Crippen LogP contribution is 2.24. The Morgan fingerprint density at radius 3 is 2.80 bits per heavy atom. The van der Waals surface area contributed by atoms with E-state index in [4.69, 9.17) is 11.6 Å². The minimum Gasteiger partial charge on any atom is -0.334 e. The lowest BCUT2D eigenvalue weighted by Crippen LogP contribution is -2.47. The first-order valence-electron chi connectivity index (χ1n) is 8.69. The maximum Gasteiger partial charge on any atom is 0.293 e. The normalized spacial score (nSPS) is 18.0. The third kappa shape index (κ3) is 3.70. The van der Waals surface area contributed by atoms with E-state index in [9.17, 15) is 4.79 Å². The van der Waals surface area contributed by atoms with Gasteiger partial charge in [-0.1, -0.05) is 37.6 Å². The minimum atomic E-state index is -0.118. The maximum absolute atomic E-state index is 12.9. The van der Waals surface area contributed by atoms with Crippen LogP contribution in [0.15, 0.2) is 24.3 Å². The molecule has 2 aromatic rings. The first kappa shape index (κ1) is 17.9. The number of carbonyl (C=O) groups excluding carboxylic acids is 1. The number of halogens is 1. The van der Waals surface area contributed by atoms with Gasteiger partial charge in [0, 0.05) is 25.0 Å². The van der Waals surface area contributed by atoms with Crippen LogP contribution in [-0.4, -0.2) is 51.8 Å². The van der Waals surface area contributed by atoms with E-state index < -0.39 is 0 Å². The number of rotatable bonds is 4. The topological polar surface area (TPSA) is 63.1 Å². The number of likely N-dealkylation sites (N-methyl/N-ethyl adjacent to an activating group) is 1. The molecule has 0 bridgehead atoms. The lowest BCUT2D eigenvalue weighted by atomic mass is 10.1. The van der Waals surface area contributed by atoms with Crippen LogP contribution in [0.4, 0.5) is 0 Å². The Hall–Kier alpha value is -1.92. The van der Waals surface area contributed by atoms with E-state index in [0.717, 1.165) is 30.9 Å². The Bertz CT molecular complexity index is 758. The predicted octanol–water partition coefficient (Wildman–Crippen LogP) is 2.87. The maximum atomic E-state index is 12.9. The van der Waals surface area contributed by atoms with Gasteiger partial charge in [0.05, 0.1) is 10.7 Å². The Morgan fingerprint density at radius 1 is 1.36 bits per heavy atom. The molecule has 1 aliphatic rings. The van der Waals surface area contributed by atoms with Gasteiger partial charge in [-0.3, -0.25) is 4.79 Å². The molecule has 134 valence electrons. The molecule has 1 saturated heterocycles. The zero-order valence-corrected chi connectivity index (χ0v) is 15.6. The van der Waals surface area contributed by atoms with Crippen LogP contribution in [0, 0.1) is 0 Å². The fourth-order valence-electron chi connectivity index (χ4n) is 3.13. The van der Waals surface area contributed by atoms with Crippen LogP contribution in [0.25, 0.3) is 5.69 Å². The monoisotopic (exact) mass is 361 g/mol. The van der Waals surface area contributed by atoms with Crippen molar-refractivity contribution in [2.75, 3.05) is 20.1 Å². The number of aromatic nitrogens is 3. The van der Waals surface area contributed by atoms with Crippen LogP contribution in [0.5, 0.6) is 0 Å². The summed E-state index contributed by atoms with van der Waals surface area (Å²) in [5.41, 5.74) is 0.742. The highest BCUT2D eigenvalue weighted by Gasteiger charge is 2.28. The molecule has 0 aliphatic carbocycles. The van der Waals surface area contributed by atoms with E-state index >= 15 is 0 Å². The molecule has 0 radical (unpaired) electrons. The molecule has 1 atom stereocenters. The van der Waals surface area contributed by atoms with Crippen molar-refractivity contribution in [1.29, 1.82) is 0 Å². The van der Waals surface area contributed by atoms with Crippen LogP contribution in [0.1, 0.15) is 49.1 Å². The van der Waals surface area contributed by atoms with E-state index in [-0.39, 0.29) is 17.6 Å². The third-order valence-corrected chi connectivity index (χ3v) is 4.86. The molecule has 25 heavy (non-hydrogen) atoms. The number of hydrogen-bond donors (Lipinski definition) is 1. The molecule has 1 aliphatic heterocycles. The van der Waals surface area contributed by atoms with Crippen molar-refractivity contribution in [3.8, 4) is 5.69 Å². The van der Waals surface area contributed by atoms with Crippen LogP contribution in [0.2, 0.25) is 5.02 Å². The Morgan fingerprint density at radius 2 is 2.12 bits per heavy atom. The van der Waals surface area contributed by atoms with Gasteiger partial charge in [-0.15, -0.1) is 5.10 Å². The quantitative estimate of drug-likeness (QED) is 0.909. The number of nitrogens with one attached hydrogen (secondary N) is 1. The molecule has 1 aromatic heterocycles. The predicted molar refractivity (Wildman–Crippen MR) is 98.4 cm³/mol. The number of nitrogens with zero attached hydrogens (tertiary/aromatic N) is 4. The zero-order valence-electron chi connectivity index (χ0n) is 14.9. The van der Waals surface area contributed by atoms with Crippen LogP contribution >= 0.6 is 11.6 Å². The van der Waals surface area contributed by atoms with Crippen LogP contribution < -0.4 is 5.32 Å². The summed E-state index contributed by atoms with van der Waals surface area (Å²) in [6.45, 7) is 5.49. The molecule has 0 spiro atoms. The number of amides is 1. The van der Waals surface area contributed by atoms with Gasteiger partial charge in [-0.2, -0.15) is 0 Å². The molecule has 1 fully saturated rings. The Balaban J connectivity index is 1.94. The summed E-state index contributed by atoms with van der Waals surface area (Å²) in [4.78, 5) is 19.3. The number of carbonyl (C=O) groups is 1. The highest BCUT2D eigenvalue weighted by atomic mass is 35.5.